The van der Waals surface area contributed by atoms with E-state index in [1.54, 1.807) is 0 Å². The zero-order valence-electron chi connectivity index (χ0n) is 13.4. The van der Waals surface area contributed by atoms with Crippen molar-refractivity contribution in [1.82, 2.24) is 10.6 Å². The molecule has 0 radical (unpaired) electrons. The smallest absolute Gasteiger partial charge is 0.0660 e. The van der Waals surface area contributed by atoms with Gasteiger partial charge in [0.25, 0.3) is 0 Å². The minimum atomic E-state index is 0.303. The lowest BCUT2D eigenvalue weighted by atomic mass is 9.89. The largest absolute Gasteiger partial charge is 0.372 e. The maximum absolute atomic E-state index is 3.62. The van der Waals surface area contributed by atoms with Gasteiger partial charge in [0, 0.05) is 11.3 Å². The quantitative estimate of drug-likeness (QED) is 0.873. The van der Waals surface area contributed by atoms with E-state index in [4.69, 9.17) is 0 Å². The Labute approximate surface area is 133 Å². The normalized spacial score (nSPS) is 18.2. The van der Waals surface area contributed by atoms with Gasteiger partial charge in [0.05, 0.1) is 12.7 Å². The van der Waals surface area contributed by atoms with E-state index in [0.29, 0.717) is 6.04 Å². The Morgan fingerprint density at radius 1 is 1.00 bits per heavy atom. The topological polar surface area (TPSA) is 24.1 Å². The molecule has 0 aliphatic carbocycles. The summed E-state index contributed by atoms with van der Waals surface area (Å²) in [6.07, 6.45) is 2.25. The Balaban J connectivity index is 2.09. The molecule has 2 heteroatoms. The van der Waals surface area contributed by atoms with Gasteiger partial charge in [-0.05, 0) is 30.0 Å². The molecule has 2 N–H and O–H groups in total. The summed E-state index contributed by atoms with van der Waals surface area (Å²) in [5, 5.41) is 7.20. The van der Waals surface area contributed by atoms with Crippen LogP contribution in [0.2, 0.25) is 0 Å². The summed E-state index contributed by atoms with van der Waals surface area (Å²) in [6, 6.07) is 19.7. The second kappa shape index (κ2) is 6.80. The van der Waals surface area contributed by atoms with Crippen molar-refractivity contribution in [1.29, 1.82) is 0 Å². The number of benzene rings is 2. The van der Waals surface area contributed by atoms with Crippen molar-refractivity contribution >= 4 is 5.70 Å². The van der Waals surface area contributed by atoms with Crippen molar-refractivity contribution in [2.75, 3.05) is 6.67 Å². The average molecular weight is 292 g/mol. The highest BCUT2D eigenvalue weighted by molar-refractivity contribution is 5.71. The zero-order valence-corrected chi connectivity index (χ0v) is 13.4. The predicted octanol–water partition coefficient (Wildman–Crippen LogP) is 4.40. The van der Waals surface area contributed by atoms with Crippen LogP contribution in [0.1, 0.15) is 42.5 Å². The first kappa shape index (κ1) is 14.9. The number of nitrogens with one attached hydrogen (secondary N) is 2. The molecule has 0 bridgehead atoms. The lowest BCUT2D eigenvalue weighted by molar-refractivity contribution is 0.530. The first-order valence-corrected chi connectivity index (χ1v) is 8.12. The van der Waals surface area contributed by atoms with Crippen LogP contribution in [0, 0.1) is 6.92 Å². The standard InChI is InChI=1S/C20H24N2/c1-3-9-18-19(16-11-5-4-6-12-16)21-14-22-20(18)17-13-8-7-10-15(17)2/h4-8,10-13,19,21-22H,3,9,14H2,1-2H3. The van der Waals surface area contributed by atoms with Crippen molar-refractivity contribution < 1.29 is 0 Å². The summed E-state index contributed by atoms with van der Waals surface area (Å²) in [7, 11) is 0. The molecule has 1 aliphatic rings. The van der Waals surface area contributed by atoms with Gasteiger partial charge in [-0.3, -0.25) is 5.32 Å². The van der Waals surface area contributed by atoms with Crippen LogP contribution in [0.4, 0.5) is 0 Å². The predicted molar refractivity (Wildman–Crippen MR) is 93.3 cm³/mol. The number of hydrogen-bond acceptors (Lipinski definition) is 2. The van der Waals surface area contributed by atoms with Crippen LogP contribution in [-0.2, 0) is 0 Å². The highest BCUT2D eigenvalue weighted by atomic mass is 15.1. The molecule has 2 nitrogen and oxygen atoms in total. The summed E-state index contributed by atoms with van der Waals surface area (Å²) in [5.41, 5.74) is 6.78. The third-order valence-electron chi connectivity index (χ3n) is 4.31. The molecule has 0 saturated carbocycles. The highest BCUT2D eigenvalue weighted by Crippen LogP contribution is 2.34. The molecule has 22 heavy (non-hydrogen) atoms. The van der Waals surface area contributed by atoms with E-state index in [2.05, 4.69) is 79.1 Å². The van der Waals surface area contributed by atoms with Crippen LogP contribution in [0.5, 0.6) is 0 Å². The first-order valence-electron chi connectivity index (χ1n) is 8.12. The van der Waals surface area contributed by atoms with Crippen LogP contribution >= 0.6 is 0 Å². The SMILES string of the molecule is CCCC1=C(c2ccccc2C)NCNC1c1ccccc1. The molecule has 3 rings (SSSR count). The molecule has 1 heterocycles. The van der Waals surface area contributed by atoms with E-state index in [1.807, 2.05) is 0 Å². The third-order valence-corrected chi connectivity index (χ3v) is 4.31. The molecule has 0 fully saturated rings. The van der Waals surface area contributed by atoms with Gasteiger partial charge in [0.15, 0.2) is 0 Å². The maximum Gasteiger partial charge on any atom is 0.0660 e. The molecule has 1 atom stereocenters. The summed E-state index contributed by atoms with van der Waals surface area (Å²) in [5.74, 6) is 0. The Kier molecular flexibility index (Phi) is 4.59. The van der Waals surface area contributed by atoms with Gasteiger partial charge in [-0.25, -0.2) is 0 Å². The van der Waals surface area contributed by atoms with Crippen LogP contribution in [0.3, 0.4) is 0 Å². The van der Waals surface area contributed by atoms with Crippen molar-refractivity contribution in [3.8, 4) is 0 Å². The number of rotatable bonds is 4. The molecular formula is C20H24N2. The van der Waals surface area contributed by atoms with Gasteiger partial charge in [0.2, 0.25) is 0 Å². The molecule has 0 aromatic heterocycles. The fraction of sp³-hybridized carbons (Fsp3) is 0.300. The second-order valence-electron chi connectivity index (χ2n) is 5.87. The summed E-state index contributed by atoms with van der Waals surface area (Å²) >= 11 is 0. The van der Waals surface area contributed by atoms with Crippen molar-refractivity contribution in [2.24, 2.45) is 0 Å². The second-order valence-corrected chi connectivity index (χ2v) is 5.87. The molecule has 0 amide bonds. The Morgan fingerprint density at radius 2 is 1.73 bits per heavy atom. The van der Waals surface area contributed by atoms with Crippen molar-refractivity contribution in [2.45, 2.75) is 32.7 Å². The van der Waals surface area contributed by atoms with E-state index in [0.717, 1.165) is 19.5 Å². The highest BCUT2D eigenvalue weighted by Gasteiger charge is 2.24. The summed E-state index contributed by atoms with van der Waals surface area (Å²) in [4.78, 5) is 0. The molecular weight excluding hydrogens is 268 g/mol. The van der Waals surface area contributed by atoms with E-state index in [9.17, 15) is 0 Å². The van der Waals surface area contributed by atoms with Gasteiger partial charge in [-0.2, -0.15) is 0 Å². The van der Waals surface area contributed by atoms with Crippen molar-refractivity contribution in [3.05, 3.63) is 76.9 Å². The first-order chi connectivity index (χ1) is 10.8. The fourth-order valence-corrected chi connectivity index (χ4v) is 3.25. The molecule has 1 aliphatic heterocycles. The van der Waals surface area contributed by atoms with Gasteiger partial charge in [-0.15, -0.1) is 0 Å². The van der Waals surface area contributed by atoms with E-state index < -0.39 is 0 Å². The fourth-order valence-electron chi connectivity index (χ4n) is 3.25. The number of aryl methyl sites for hydroxylation is 1. The maximum atomic E-state index is 3.62. The van der Waals surface area contributed by atoms with Crippen LogP contribution in [-0.4, -0.2) is 6.67 Å². The number of hydrogen-bond donors (Lipinski definition) is 2. The summed E-state index contributed by atoms with van der Waals surface area (Å²) in [6.45, 7) is 5.24. The third kappa shape index (κ3) is 2.93. The lowest BCUT2D eigenvalue weighted by Gasteiger charge is -2.32. The monoisotopic (exact) mass is 292 g/mol. The molecule has 1 unspecified atom stereocenters. The van der Waals surface area contributed by atoms with Crippen LogP contribution in [0.15, 0.2) is 60.2 Å². The average Bonchev–Trinajstić information content (AvgIpc) is 2.57. The minimum Gasteiger partial charge on any atom is -0.372 e. The molecule has 2 aromatic rings. The zero-order chi connectivity index (χ0) is 15.4. The van der Waals surface area contributed by atoms with Gasteiger partial charge in [-0.1, -0.05) is 67.9 Å². The van der Waals surface area contributed by atoms with E-state index in [-0.39, 0.29) is 0 Å². The molecule has 0 saturated heterocycles. The van der Waals surface area contributed by atoms with E-state index in [1.165, 1.54) is 28.0 Å². The summed E-state index contributed by atoms with van der Waals surface area (Å²) < 4.78 is 0. The van der Waals surface area contributed by atoms with Gasteiger partial charge < -0.3 is 5.32 Å². The minimum absolute atomic E-state index is 0.303. The Hall–Kier alpha value is -2.06. The van der Waals surface area contributed by atoms with Gasteiger partial charge >= 0.3 is 0 Å². The van der Waals surface area contributed by atoms with E-state index >= 15 is 0 Å². The molecule has 114 valence electrons. The van der Waals surface area contributed by atoms with Crippen LogP contribution in [0.25, 0.3) is 5.70 Å². The Morgan fingerprint density at radius 3 is 2.45 bits per heavy atom. The van der Waals surface area contributed by atoms with Gasteiger partial charge in [0.1, 0.15) is 0 Å². The molecule has 2 aromatic carbocycles. The lowest BCUT2D eigenvalue weighted by Crippen LogP contribution is -2.39. The van der Waals surface area contributed by atoms with Crippen molar-refractivity contribution in [3.63, 3.8) is 0 Å². The van der Waals surface area contributed by atoms with Crippen LogP contribution < -0.4 is 10.6 Å². The Bertz CT molecular complexity index is 658. The molecule has 0 spiro atoms.